The van der Waals surface area contributed by atoms with Crippen LogP contribution in [-0.2, 0) is 0 Å². The monoisotopic (exact) mass is 240 g/mol. The van der Waals surface area contributed by atoms with Gasteiger partial charge in [-0.1, -0.05) is 19.9 Å². The van der Waals surface area contributed by atoms with E-state index in [0.29, 0.717) is 18.4 Å². The van der Waals surface area contributed by atoms with Crippen LogP contribution in [0, 0.1) is 19.7 Å². The van der Waals surface area contributed by atoms with Crippen molar-refractivity contribution in [3.8, 4) is 0 Å². The smallest absolute Gasteiger partial charge is 0.129 e. The molecule has 2 N–H and O–H groups in total. The second kappa shape index (κ2) is 5.15. The first-order valence-electron chi connectivity index (χ1n) is 6.02. The van der Waals surface area contributed by atoms with Crippen molar-refractivity contribution < 1.29 is 14.6 Å². The molecule has 0 aliphatic rings. The van der Waals surface area contributed by atoms with Gasteiger partial charge in [0.2, 0.25) is 0 Å². The quantitative estimate of drug-likeness (QED) is 0.849. The van der Waals surface area contributed by atoms with Gasteiger partial charge in [-0.3, -0.25) is 0 Å². The molecule has 0 amide bonds. The molecule has 0 fully saturated rings. The van der Waals surface area contributed by atoms with Gasteiger partial charge in [0.05, 0.1) is 5.60 Å². The standard InChI is InChI=1S/C14H21FO2/c1-5-14(17,6-2)13(16)12-10(4)7-9(3)8-11(12)15/h7-8,13,16-17H,5-6H2,1-4H3. The van der Waals surface area contributed by atoms with Crippen LogP contribution in [0.1, 0.15) is 49.5 Å². The molecule has 3 heteroatoms. The zero-order valence-corrected chi connectivity index (χ0v) is 10.9. The number of aliphatic hydroxyl groups is 2. The highest BCUT2D eigenvalue weighted by molar-refractivity contribution is 5.34. The third-order valence-corrected chi connectivity index (χ3v) is 3.49. The average molecular weight is 240 g/mol. The Balaban J connectivity index is 3.25. The molecule has 0 aliphatic carbocycles. The molecular weight excluding hydrogens is 219 g/mol. The van der Waals surface area contributed by atoms with Crippen molar-refractivity contribution in [3.05, 3.63) is 34.6 Å². The van der Waals surface area contributed by atoms with Gasteiger partial charge in [-0.25, -0.2) is 4.39 Å². The van der Waals surface area contributed by atoms with E-state index < -0.39 is 17.5 Å². The van der Waals surface area contributed by atoms with E-state index in [4.69, 9.17) is 0 Å². The maximum atomic E-state index is 13.9. The largest absolute Gasteiger partial charge is 0.387 e. The van der Waals surface area contributed by atoms with Gasteiger partial charge in [-0.15, -0.1) is 0 Å². The Morgan fingerprint density at radius 1 is 1.24 bits per heavy atom. The molecule has 0 heterocycles. The highest BCUT2D eigenvalue weighted by Gasteiger charge is 2.35. The molecule has 0 aliphatic heterocycles. The molecule has 0 saturated carbocycles. The maximum absolute atomic E-state index is 13.9. The van der Waals surface area contributed by atoms with Crippen LogP contribution in [0.25, 0.3) is 0 Å². The van der Waals surface area contributed by atoms with E-state index >= 15 is 0 Å². The molecule has 0 spiro atoms. The van der Waals surface area contributed by atoms with Crippen molar-refractivity contribution in [3.63, 3.8) is 0 Å². The van der Waals surface area contributed by atoms with Crippen LogP contribution in [0.15, 0.2) is 12.1 Å². The number of hydrogen-bond donors (Lipinski definition) is 2. The van der Waals surface area contributed by atoms with E-state index in [1.807, 2.05) is 6.07 Å². The van der Waals surface area contributed by atoms with Crippen LogP contribution in [0.2, 0.25) is 0 Å². The van der Waals surface area contributed by atoms with E-state index in [1.54, 1.807) is 27.7 Å². The number of aryl methyl sites for hydroxylation is 2. The van der Waals surface area contributed by atoms with Crippen LogP contribution in [0.5, 0.6) is 0 Å². The molecule has 17 heavy (non-hydrogen) atoms. The second-order valence-corrected chi connectivity index (χ2v) is 4.69. The van der Waals surface area contributed by atoms with Gasteiger partial charge in [0.15, 0.2) is 0 Å². The molecule has 1 atom stereocenters. The lowest BCUT2D eigenvalue weighted by atomic mass is 9.84. The summed E-state index contributed by atoms with van der Waals surface area (Å²) < 4.78 is 13.9. The van der Waals surface area contributed by atoms with E-state index in [-0.39, 0.29) is 5.56 Å². The van der Waals surface area contributed by atoms with Crippen molar-refractivity contribution in [1.29, 1.82) is 0 Å². The molecule has 0 saturated heterocycles. The summed E-state index contributed by atoms with van der Waals surface area (Å²) in [6.45, 7) is 7.13. The minimum Gasteiger partial charge on any atom is -0.387 e. The molecule has 1 aromatic carbocycles. The zero-order valence-electron chi connectivity index (χ0n) is 10.9. The van der Waals surface area contributed by atoms with E-state index in [9.17, 15) is 14.6 Å². The van der Waals surface area contributed by atoms with Gasteiger partial charge >= 0.3 is 0 Å². The predicted molar refractivity (Wildman–Crippen MR) is 66.4 cm³/mol. The third kappa shape index (κ3) is 2.67. The topological polar surface area (TPSA) is 40.5 Å². The molecule has 2 nitrogen and oxygen atoms in total. The number of benzene rings is 1. The zero-order chi connectivity index (χ0) is 13.2. The Labute approximate surface area is 102 Å². The van der Waals surface area contributed by atoms with Gasteiger partial charge in [0.1, 0.15) is 11.9 Å². The molecule has 1 aromatic rings. The summed E-state index contributed by atoms with van der Waals surface area (Å²) in [6, 6.07) is 3.20. The van der Waals surface area contributed by atoms with Gasteiger partial charge in [0.25, 0.3) is 0 Å². The van der Waals surface area contributed by atoms with Crippen molar-refractivity contribution >= 4 is 0 Å². The van der Waals surface area contributed by atoms with E-state index in [0.717, 1.165) is 5.56 Å². The normalized spacial score (nSPS) is 13.8. The first-order chi connectivity index (χ1) is 7.85. The molecule has 0 aromatic heterocycles. The number of hydrogen-bond acceptors (Lipinski definition) is 2. The molecular formula is C14H21FO2. The van der Waals surface area contributed by atoms with E-state index in [2.05, 4.69) is 0 Å². The average Bonchev–Trinajstić information content (AvgIpc) is 2.26. The van der Waals surface area contributed by atoms with Crippen LogP contribution in [-0.4, -0.2) is 15.8 Å². The number of rotatable bonds is 4. The third-order valence-electron chi connectivity index (χ3n) is 3.49. The van der Waals surface area contributed by atoms with Crippen molar-refractivity contribution in [2.75, 3.05) is 0 Å². The van der Waals surface area contributed by atoms with Crippen LogP contribution in [0.4, 0.5) is 4.39 Å². The summed E-state index contributed by atoms with van der Waals surface area (Å²) >= 11 is 0. The van der Waals surface area contributed by atoms with Crippen molar-refractivity contribution in [2.45, 2.75) is 52.2 Å². The Kier molecular flexibility index (Phi) is 4.28. The first-order valence-corrected chi connectivity index (χ1v) is 6.02. The fraction of sp³-hybridized carbons (Fsp3) is 0.571. The van der Waals surface area contributed by atoms with Crippen LogP contribution >= 0.6 is 0 Å². The number of aliphatic hydroxyl groups excluding tert-OH is 1. The number of halogens is 1. The lowest BCUT2D eigenvalue weighted by Gasteiger charge is -2.32. The molecule has 0 radical (unpaired) electrons. The molecule has 0 bridgehead atoms. The molecule has 96 valence electrons. The van der Waals surface area contributed by atoms with Crippen molar-refractivity contribution in [2.24, 2.45) is 0 Å². The molecule has 1 unspecified atom stereocenters. The second-order valence-electron chi connectivity index (χ2n) is 4.69. The summed E-state index contributed by atoms with van der Waals surface area (Å²) in [5.41, 5.74) is 0.436. The van der Waals surface area contributed by atoms with Crippen LogP contribution in [0.3, 0.4) is 0 Å². The lowest BCUT2D eigenvalue weighted by molar-refractivity contribution is -0.0836. The molecule has 1 rings (SSSR count). The Hall–Kier alpha value is -0.930. The summed E-state index contributed by atoms with van der Waals surface area (Å²) in [7, 11) is 0. The van der Waals surface area contributed by atoms with Gasteiger partial charge in [-0.05, 0) is 43.9 Å². The summed E-state index contributed by atoms with van der Waals surface area (Å²) in [4.78, 5) is 0. The first kappa shape index (κ1) is 14.1. The maximum Gasteiger partial charge on any atom is 0.129 e. The van der Waals surface area contributed by atoms with Gasteiger partial charge in [0, 0.05) is 5.56 Å². The predicted octanol–water partition coefficient (Wildman–Crippen LogP) is 3.03. The van der Waals surface area contributed by atoms with Crippen LogP contribution < -0.4 is 0 Å². The Bertz CT molecular complexity index is 374. The minimum absolute atomic E-state index is 0.210. The fourth-order valence-electron chi connectivity index (χ4n) is 2.18. The lowest BCUT2D eigenvalue weighted by Crippen LogP contribution is -2.35. The summed E-state index contributed by atoms with van der Waals surface area (Å²) in [5.74, 6) is -0.449. The van der Waals surface area contributed by atoms with E-state index in [1.165, 1.54) is 6.07 Å². The minimum atomic E-state index is -1.26. The SMILES string of the molecule is CCC(O)(CC)C(O)c1c(C)cc(C)cc1F. The highest BCUT2D eigenvalue weighted by Crippen LogP contribution is 2.35. The summed E-state index contributed by atoms with van der Waals surface area (Å²) in [6.07, 6.45) is -0.410. The summed E-state index contributed by atoms with van der Waals surface area (Å²) in [5, 5.41) is 20.5. The highest BCUT2D eigenvalue weighted by atomic mass is 19.1. The van der Waals surface area contributed by atoms with Gasteiger partial charge < -0.3 is 10.2 Å². The Morgan fingerprint density at radius 2 is 1.76 bits per heavy atom. The Morgan fingerprint density at radius 3 is 2.18 bits per heavy atom. The fourth-order valence-corrected chi connectivity index (χ4v) is 2.18. The van der Waals surface area contributed by atoms with Crippen molar-refractivity contribution in [1.82, 2.24) is 0 Å². The van der Waals surface area contributed by atoms with Gasteiger partial charge in [-0.2, -0.15) is 0 Å².